The van der Waals surface area contributed by atoms with Gasteiger partial charge in [-0.1, -0.05) is 0 Å². The van der Waals surface area contributed by atoms with E-state index in [0.29, 0.717) is 0 Å². The number of nitrogens with zero attached hydrogens (tertiary/aromatic N) is 7. The van der Waals surface area contributed by atoms with E-state index in [-0.39, 0.29) is 28.3 Å². The zero-order valence-corrected chi connectivity index (χ0v) is 22.9. The molecule has 0 spiro atoms. The van der Waals surface area contributed by atoms with Crippen molar-refractivity contribution in [2.75, 3.05) is 26.1 Å². The number of aromatic nitrogens is 8. The molecule has 0 bridgehead atoms. The molecule has 232 valence electrons. The number of aromatic hydroxyl groups is 1. The lowest BCUT2D eigenvalue weighted by Crippen LogP contribution is -2.37. The molecular formula is C21H26N9O12P. The van der Waals surface area contributed by atoms with E-state index >= 15 is 0 Å². The highest BCUT2D eigenvalue weighted by Gasteiger charge is 2.51. The molecule has 21 nitrogen and oxygen atoms in total. The molecule has 9 atom stereocenters. The number of nitrogens with two attached hydrogens (primary N) is 1. The third kappa shape index (κ3) is 5.14. The number of phosphoric acid groups is 1. The van der Waals surface area contributed by atoms with Crippen LogP contribution in [0, 0.1) is 0 Å². The molecule has 4 aromatic rings. The summed E-state index contributed by atoms with van der Waals surface area (Å²) in [5.41, 5.74) is 5.02. The van der Waals surface area contributed by atoms with Crippen molar-refractivity contribution in [3.05, 3.63) is 29.3 Å². The van der Waals surface area contributed by atoms with Crippen molar-refractivity contribution in [1.29, 1.82) is 0 Å². The van der Waals surface area contributed by atoms with Gasteiger partial charge in [-0.15, -0.1) is 0 Å². The number of aliphatic hydroxyl groups is 3. The molecule has 4 aromatic heterocycles. The molecule has 0 aromatic carbocycles. The van der Waals surface area contributed by atoms with Gasteiger partial charge >= 0.3 is 7.82 Å². The summed E-state index contributed by atoms with van der Waals surface area (Å²) in [6.45, 7) is -1.29. The summed E-state index contributed by atoms with van der Waals surface area (Å²) in [6.07, 6.45) is -7.12. The fourth-order valence-corrected chi connectivity index (χ4v) is 6.01. The highest BCUT2D eigenvalue weighted by Crippen LogP contribution is 2.50. The van der Waals surface area contributed by atoms with Crippen LogP contribution in [0.3, 0.4) is 0 Å². The van der Waals surface area contributed by atoms with Gasteiger partial charge in [-0.3, -0.25) is 28.0 Å². The maximum absolute atomic E-state index is 13.1. The molecule has 0 amide bonds. The number of fused-ring (bicyclic) bond motifs is 2. The molecule has 0 saturated carbocycles. The second-order valence-corrected chi connectivity index (χ2v) is 11.0. The molecule has 2 fully saturated rings. The average Bonchev–Trinajstić information content (AvgIpc) is 3.72. The zero-order valence-electron chi connectivity index (χ0n) is 22.0. The van der Waals surface area contributed by atoms with Gasteiger partial charge in [-0.2, -0.15) is 9.97 Å². The van der Waals surface area contributed by atoms with Crippen molar-refractivity contribution in [2.24, 2.45) is 0 Å². The Hall–Kier alpha value is -3.63. The molecule has 6 heterocycles. The van der Waals surface area contributed by atoms with Crippen LogP contribution < -0.4 is 11.3 Å². The lowest BCUT2D eigenvalue weighted by atomic mass is 10.1. The second-order valence-electron chi connectivity index (χ2n) is 9.63. The SMILES string of the molecule is CO[C@H]1[C@@H](OP(=O)(O)OC[C@H]2OC(n3cnc4c(O)ncnc43)[C@H](O)[C@@H]2O)[C@H](n2cnc3c(=O)[nH]c(N)nc32)O[C@@H]1CO. The fourth-order valence-electron chi connectivity index (χ4n) is 5.08. The molecule has 6 rings (SSSR count). The van der Waals surface area contributed by atoms with Crippen molar-refractivity contribution < 1.29 is 53.1 Å². The maximum Gasteiger partial charge on any atom is 0.472 e. The molecule has 2 aliphatic rings. The highest BCUT2D eigenvalue weighted by molar-refractivity contribution is 7.47. The second kappa shape index (κ2) is 11.1. The molecule has 8 N–H and O–H groups in total. The molecule has 2 aliphatic heterocycles. The number of hydrogen-bond donors (Lipinski definition) is 7. The Bertz CT molecular complexity index is 1750. The third-order valence-electron chi connectivity index (χ3n) is 7.07. The highest BCUT2D eigenvalue weighted by atomic mass is 31.2. The number of ether oxygens (including phenoxy) is 3. The van der Waals surface area contributed by atoms with Crippen LogP contribution in [-0.2, 0) is 27.8 Å². The summed E-state index contributed by atoms with van der Waals surface area (Å²) in [5, 5.41) is 40.9. The van der Waals surface area contributed by atoms with Crippen molar-refractivity contribution in [2.45, 2.75) is 49.1 Å². The van der Waals surface area contributed by atoms with Crippen LogP contribution in [0.2, 0.25) is 0 Å². The Balaban J connectivity index is 1.20. The van der Waals surface area contributed by atoms with Crippen molar-refractivity contribution in [1.82, 2.24) is 39.0 Å². The van der Waals surface area contributed by atoms with Gasteiger partial charge < -0.3 is 45.3 Å². The Labute approximate surface area is 239 Å². The topological polar surface area (TPSA) is 298 Å². The standard InChI is InChI=1S/C21H26N9O12P/c1-38-13-7(2-31)40-20(30-6-26-10-16(30)27-21(22)28-18(10)35)14(13)42-43(36,37)39-3-8-11(32)12(33)19(41-8)29-5-25-9-15(29)23-4-24-17(9)34/h4-8,11-14,19-20,31-33H,2-3H2,1H3,(H,36,37)(H,23,24,34)(H3,22,27,28,35)/t7-,8-,11-,12-,13-,14-,19?,20-/m1/s1. The maximum atomic E-state index is 13.1. The molecule has 2 saturated heterocycles. The van der Waals surface area contributed by atoms with E-state index in [1.165, 1.54) is 28.9 Å². The van der Waals surface area contributed by atoms with Gasteiger partial charge in [0.25, 0.3) is 5.56 Å². The summed E-state index contributed by atoms with van der Waals surface area (Å²) in [6, 6.07) is 0. The molecule has 43 heavy (non-hydrogen) atoms. The lowest BCUT2D eigenvalue weighted by Gasteiger charge is -2.26. The first-order chi connectivity index (χ1) is 20.5. The number of nitrogen functional groups attached to an aromatic ring is 1. The van der Waals surface area contributed by atoms with Crippen molar-refractivity contribution in [3.8, 4) is 5.88 Å². The smallest absolute Gasteiger partial charge is 0.472 e. The van der Waals surface area contributed by atoms with Gasteiger partial charge in [0.05, 0.1) is 25.9 Å². The number of phosphoric ester groups is 1. The molecule has 2 unspecified atom stereocenters. The molecule has 22 heteroatoms. The first-order valence-electron chi connectivity index (χ1n) is 12.6. The Morgan fingerprint density at radius 3 is 2.44 bits per heavy atom. The Morgan fingerprint density at radius 1 is 1.02 bits per heavy atom. The van der Waals surface area contributed by atoms with Gasteiger partial charge in [0.1, 0.15) is 43.0 Å². The summed E-state index contributed by atoms with van der Waals surface area (Å²) in [5.74, 6) is -0.631. The van der Waals surface area contributed by atoms with Crippen LogP contribution in [-0.4, -0.2) is 121 Å². The van der Waals surface area contributed by atoms with Crippen LogP contribution in [0.1, 0.15) is 12.5 Å². The van der Waals surface area contributed by atoms with E-state index in [4.69, 9.17) is 29.0 Å². The number of methoxy groups -OCH3 is 1. The van der Waals surface area contributed by atoms with E-state index in [2.05, 4.69) is 29.9 Å². The van der Waals surface area contributed by atoms with E-state index in [9.17, 15) is 34.7 Å². The fraction of sp³-hybridized carbons (Fsp3) is 0.524. The summed E-state index contributed by atoms with van der Waals surface area (Å²) in [4.78, 5) is 44.9. The van der Waals surface area contributed by atoms with E-state index in [1.54, 1.807) is 0 Å². The van der Waals surface area contributed by atoms with Crippen LogP contribution in [0.15, 0.2) is 23.8 Å². The van der Waals surface area contributed by atoms with E-state index < -0.39 is 81.6 Å². The summed E-state index contributed by atoms with van der Waals surface area (Å²) < 4.78 is 43.1. The first kappa shape index (κ1) is 29.4. The predicted molar refractivity (Wildman–Crippen MR) is 138 cm³/mol. The van der Waals surface area contributed by atoms with E-state index in [0.717, 1.165) is 6.33 Å². The number of hydrogen-bond acceptors (Lipinski definition) is 17. The van der Waals surface area contributed by atoms with E-state index in [1.807, 2.05) is 0 Å². The third-order valence-corrected chi connectivity index (χ3v) is 8.06. The van der Waals surface area contributed by atoms with Gasteiger partial charge in [0.2, 0.25) is 11.8 Å². The number of nitrogens with one attached hydrogen (secondary N) is 1. The van der Waals surface area contributed by atoms with Crippen LogP contribution in [0.25, 0.3) is 22.3 Å². The van der Waals surface area contributed by atoms with Crippen molar-refractivity contribution >= 4 is 36.1 Å². The van der Waals surface area contributed by atoms with Crippen molar-refractivity contribution in [3.63, 3.8) is 0 Å². The molecule has 0 aliphatic carbocycles. The van der Waals surface area contributed by atoms with Gasteiger partial charge in [0, 0.05) is 7.11 Å². The van der Waals surface area contributed by atoms with Crippen LogP contribution >= 0.6 is 7.82 Å². The monoisotopic (exact) mass is 627 g/mol. The first-order valence-corrected chi connectivity index (χ1v) is 14.1. The number of rotatable bonds is 9. The quantitative estimate of drug-likeness (QED) is 0.0927. The normalized spacial score (nSPS) is 30.8. The minimum Gasteiger partial charge on any atom is -0.492 e. The van der Waals surface area contributed by atoms with Crippen LogP contribution in [0.5, 0.6) is 5.88 Å². The lowest BCUT2D eigenvalue weighted by molar-refractivity contribution is -0.0616. The molecule has 0 radical (unpaired) electrons. The predicted octanol–water partition coefficient (Wildman–Crippen LogP) is -2.73. The summed E-state index contributed by atoms with van der Waals surface area (Å²) >= 11 is 0. The van der Waals surface area contributed by atoms with Gasteiger partial charge in [0.15, 0.2) is 34.8 Å². The Morgan fingerprint density at radius 2 is 1.72 bits per heavy atom. The zero-order chi connectivity index (χ0) is 30.6. The Kier molecular flexibility index (Phi) is 7.62. The van der Waals surface area contributed by atoms with Gasteiger partial charge in [-0.05, 0) is 0 Å². The number of aliphatic hydroxyl groups excluding tert-OH is 3. The molecular weight excluding hydrogens is 601 g/mol. The minimum atomic E-state index is -5.01. The number of H-pyrrole nitrogens is 1. The number of imidazole rings is 2. The largest absolute Gasteiger partial charge is 0.492 e. The average molecular weight is 627 g/mol. The number of aromatic amines is 1. The number of anilines is 1. The minimum absolute atomic E-state index is 0.0242. The summed E-state index contributed by atoms with van der Waals surface area (Å²) in [7, 11) is -3.74. The van der Waals surface area contributed by atoms with Crippen LogP contribution in [0.4, 0.5) is 5.95 Å². The van der Waals surface area contributed by atoms with Gasteiger partial charge in [-0.25, -0.2) is 19.5 Å².